The molecule has 33 heavy (non-hydrogen) atoms. The molecule has 1 aliphatic carbocycles. The van der Waals surface area contributed by atoms with Crippen LogP contribution in [0.3, 0.4) is 0 Å². The Morgan fingerprint density at radius 2 is 2.15 bits per heavy atom. The van der Waals surface area contributed by atoms with Crippen molar-refractivity contribution < 1.29 is 14.0 Å². The topological polar surface area (TPSA) is 91.6 Å². The van der Waals surface area contributed by atoms with E-state index in [4.69, 9.17) is 17.3 Å². The number of hydrogen-bond donors (Lipinski definition) is 2. The molecule has 0 bridgehead atoms. The summed E-state index contributed by atoms with van der Waals surface area (Å²) >= 11 is 6.95. The number of halogens is 2. The fraction of sp³-hybridized carbons (Fsp3) is 0.458. The molecule has 5 rings (SSSR count). The highest BCUT2D eigenvalue weighted by molar-refractivity contribution is 6.34. The Labute approximate surface area is 197 Å². The summed E-state index contributed by atoms with van der Waals surface area (Å²) in [5, 5.41) is 3.80. The Kier molecular flexibility index (Phi) is 5.23. The largest absolute Gasteiger partial charge is 0.398 e. The molecule has 2 atom stereocenters. The summed E-state index contributed by atoms with van der Waals surface area (Å²) in [5.41, 5.74) is 7.10. The monoisotopic (exact) mass is 471 g/mol. The summed E-state index contributed by atoms with van der Waals surface area (Å²) in [7, 11) is 3.10. The SMILES string of the molecule is CN(C)C(=O)c1c(N)ccc(-c2cnc3c(c2Cl)[C@]2(CC[C@H](N4CCCC4=O)C2)CN3)c1F. The predicted molar refractivity (Wildman–Crippen MR) is 126 cm³/mol. The van der Waals surface area contributed by atoms with Gasteiger partial charge in [0.05, 0.1) is 10.6 Å². The number of nitrogens with two attached hydrogens (primary N) is 1. The van der Waals surface area contributed by atoms with Crippen LogP contribution in [-0.4, -0.2) is 59.8 Å². The van der Waals surface area contributed by atoms with E-state index in [9.17, 15) is 9.59 Å². The molecule has 1 aromatic heterocycles. The normalized spacial score (nSPS) is 23.8. The first-order valence-corrected chi connectivity index (χ1v) is 11.6. The standard InChI is InChI=1S/C24H27ClFN5O2/c1-30(2)23(33)18-16(27)6-5-14(21(18)26)15-11-28-22-19(20(15)25)24(12-29-22)8-7-13(10-24)31-9-3-4-17(31)32/h5-6,11,13H,3-4,7-10,12,27H2,1-2H3,(H,28,29)/t13-,24-/m0/s1. The molecule has 3 aliphatic rings. The van der Waals surface area contributed by atoms with Crippen LogP contribution in [0.1, 0.15) is 48.0 Å². The smallest absolute Gasteiger partial charge is 0.258 e. The number of rotatable bonds is 3. The van der Waals surface area contributed by atoms with Gasteiger partial charge in [-0.25, -0.2) is 9.37 Å². The van der Waals surface area contributed by atoms with Gasteiger partial charge in [0.15, 0.2) is 0 Å². The quantitative estimate of drug-likeness (QED) is 0.666. The zero-order chi connectivity index (χ0) is 23.5. The van der Waals surface area contributed by atoms with Crippen molar-refractivity contribution in [2.75, 3.05) is 38.2 Å². The number of fused-ring (bicyclic) bond motifs is 2. The summed E-state index contributed by atoms with van der Waals surface area (Å²) < 4.78 is 15.6. The number of anilines is 2. The highest BCUT2D eigenvalue weighted by atomic mass is 35.5. The number of aromatic nitrogens is 1. The van der Waals surface area contributed by atoms with Crippen LogP contribution in [0.5, 0.6) is 0 Å². The van der Waals surface area contributed by atoms with Crippen LogP contribution in [0.4, 0.5) is 15.9 Å². The van der Waals surface area contributed by atoms with Gasteiger partial charge in [0.2, 0.25) is 5.91 Å². The van der Waals surface area contributed by atoms with Crippen LogP contribution in [0, 0.1) is 5.82 Å². The van der Waals surface area contributed by atoms with Gasteiger partial charge in [-0.3, -0.25) is 9.59 Å². The lowest BCUT2D eigenvalue weighted by Gasteiger charge is -2.28. The predicted octanol–water partition coefficient (Wildman–Crippen LogP) is 3.66. The van der Waals surface area contributed by atoms with Crippen molar-refractivity contribution in [1.82, 2.24) is 14.8 Å². The van der Waals surface area contributed by atoms with Gasteiger partial charge >= 0.3 is 0 Å². The van der Waals surface area contributed by atoms with E-state index >= 15 is 4.39 Å². The third-order valence-corrected chi connectivity index (χ3v) is 7.75. The van der Waals surface area contributed by atoms with Crippen molar-refractivity contribution in [3.05, 3.63) is 40.3 Å². The lowest BCUT2D eigenvalue weighted by molar-refractivity contribution is -0.129. The molecule has 9 heteroatoms. The second-order valence-corrected chi connectivity index (χ2v) is 9.90. The van der Waals surface area contributed by atoms with Crippen LogP contribution in [0.15, 0.2) is 18.3 Å². The van der Waals surface area contributed by atoms with E-state index in [1.54, 1.807) is 26.4 Å². The molecule has 3 N–H and O–H groups in total. The van der Waals surface area contributed by atoms with Gasteiger partial charge in [-0.15, -0.1) is 0 Å². The van der Waals surface area contributed by atoms with E-state index in [2.05, 4.69) is 10.3 Å². The first kappa shape index (κ1) is 21.9. The Morgan fingerprint density at radius 3 is 2.85 bits per heavy atom. The molecular weight excluding hydrogens is 445 g/mol. The fourth-order valence-corrected chi connectivity index (χ4v) is 6.12. The van der Waals surface area contributed by atoms with E-state index in [1.807, 2.05) is 4.90 Å². The van der Waals surface area contributed by atoms with Gasteiger partial charge in [-0.1, -0.05) is 11.6 Å². The molecule has 1 spiro atoms. The van der Waals surface area contributed by atoms with Crippen molar-refractivity contribution >= 4 is 34.9 Å². The molecule has 1 saturated carbocycles. The summed E-state index contributed by atoms with van der Waals surface area (Å²) in [4.78, 5) is 32.7. The number of nitrogens with one attached hydrogen (secondary N) is 1. The number of carbonyl (C=O) groups excluding carboxylic acids is 2. The maximum absolute atomic E-state index is 15.6. The van der Waals surface area contributed by atoms with Crippen molar-refractivity contribution in [3.63, 3.8) is 0 Å². The van der Waals surface area contributed by atoms with E-state index in [-0.39, 0.29) is 34.2 Å². The van der Waals surface area contributed by atoms with Gasteiger partial charge in [-0.05, 0) is 37.8 Å². The molecule has 1 saturated heterocycles. The van der Waals surface area contributed by atoms with Crippen LogP contribution in [0.25, 0.3) is 11.1 Å². The number of carbonyl (C=O) groups is 2. The minimum atomic E-state index is -0.704. The van der Waals surface area contributed by atoms with Crippen LogP contribution in [-0.2, 0) is 10.2 Å². The molecule has 2 fully saturated rings. The summed E-state index contributed by atoms with van der Waals surface area (Å²) in [5.74, 6) is -0.283. The maximum atomic E-state index is 15.6. The fourth-order valence-electron chi connectivity index (χ4n) is 5.68. The first-order valence-electron chi connectivity index (χ1n) is 11.3. The Morgan fingerprint density at radius 1 is 1.36 bits per heavy atom. The molecule has 7 nitrogen and oxygen atoms in total. The van der Waals surface area contributed by atoms with Gasteiger partial charge in [0.25, 0.3) is 5.91 Å². The van der Waals surface area contributed by atoms with Gasteiger partial charge in [0.1, 0.15) is 11.6 Å². The van der Waals surface area contributed by atoms with Crippen LogP contribution in [0.2, 0.25) is 5.02 Å². The number of nitrogens with zero attached hydrogens (tertiary/aromatic N) is 3. The van der Waals surface area contributed by atoms with Crippen molar-refractivity contribution in [3.8, 4) is 11.1 Å². The van der Waals surface area contributed by atoms with Gasteiger partial charge < -0.3 is 20.9 Å². The molecule has 2 amide bonds. The third kappa shape index (κ3) is 3.34. The molecule has 3 heterocycles. The van der Waals surface area contributed by atoms with E-state index in [0.29, 0.717) is 29.4 Å². The maximum Gasteiger partial charge on any atom is 0.258 e. The summed E-state index contributed by atoms with van der Waals surface area (Å²) in [6, 6.07) is 3.25. The average Bonchev–Trinajstić information content (AvgIpc) is 3.48. The average molecular weight is 472 g/mol. The van der Waals surface area contributed by atoms with Crippen LogP contribution >= 0.6 is 11.6 Å². The minimum absolute atomic E-state index is 0.0762. The zero-order valence-electron chi connectivity index (χ0n) is 18.8. The molecule has 2 aliphatic heterocycles. The van der Waals surface area contributed by atoms with Crippen molar-refractivity contribution in [2.24, 2.45) is 0 Å². The Balaban J connectivity index is 1.56. The molecule has 2 aromatic rings. The minimum Gasteiger partial charge on any atom is -0.398 e. The Hall–Kier alpha value is -2.87. The number of benzene rings is 1. The first-order chi connectivity index (χ1) is 15.7. The number of hydrogen-bond acceptors (Lipinski definition) is 5. The lowest BCUT2D eigenvalue weighted by atomic mass is 9.80. The van der Waals surface area contributed by atoms with E-state index in [1.165, 1.54) is 11.0 Å². The van der Waals surface area contributed by atoms with E-state index in [0.717, 1.165) is 37.8 Å². The number of pyridine rings is 1. The van der Waals surface area contributed by atoms with Gasteiger partial charge in [-0.2, -0.15) is 0 Å². The van der Waals surface area contributed by atoms with Crippen molar-refractivity contribution in [1.29, 1.82) is 0 Å². The van der Waals surface area contributed by atoms with Gasteiger partial charge in [0, 0.05) is 73.6 Å². The Bertz CT molecular complexity index is 1170. The third-order valence-electron chi connectivity index (χ3n) is 7.36. The van der Waals surface area contributed by atoms with E-state index < -0.39 is 11.7 Å². The number of amides is 2. The second kappa shape index (κ2) is 7.87. The lowest BCUT2D eigenvalue weighted by Crippen LogP contribution is -2.36. The van der Waals surface area contributed by atoms with Crippen LogP contribution < -0.4 is 11.1 Å². The summed E-state index contributed by atoms with van der Waals surface area (Å²) in [6.07, 6.45) is 5.66. The zero-order valence-corrected chi connectivity index (χ0v) is 19.5. The highest BCUT2D eigenvalue weighted by Crippen LogP contribution is 2.53. The molecular formula is C24H27ClFN5O2. The highest BCUT2D eigenvalue weighted by Gasteiger charge is 2.49. The molecule has 174 valence electrons. The number of nitrogen functional groups attached to an aromatic ring is 1. The number of likely N-dealkylation sites (tertiary alicyclic amines) is 1. The molecule has 0 radical (unpaired) electrons. The summed E-state index contributed by atoms with van der Waals surface area (Å²) in [6.45, 7) is 1.50. The molecule has 0 unspecified atom stereocenters. The second-order valence-electron chi connectivity index (χ2n) is 9.52. The molecule has 1 aromatic carbocycles. The van der Waals surface area contributed by atoms with Crippen molar-refractivity contribution in [2.45, 2.75) is 43.6 Å².